The topological polar surface area (TPSA) is 49.3 Å². The van der Waals surface area contributed by atoms with Crippen molar-refractivity contribution in [3.05, 3.63) is 12.2 Å². The van der Waals surface area contributed by atoms with Gasteiger partial charge in [-0.05, 0) is 45.2 Å². The van der Waals surface area contributed by atoms with Crippen molar-refractivity contribution in [2.24, 2.45) is 0 Å². The van der Waals surface area contributed by atoms with E-state index >= 15 is 0 Å². The molecule has 0 aliphatic rings. The van der Waals surface area contributed by atoms with Gasteiger partial charge in [0.1, 0.15) is 0 Å². The molecule has 0 unspecified atom stereocenters. The van der Waals surface area contributed by atoms with Crippen LogP contribution in [0, 0.1) is 0 Å². The van der Waals surface area contributed by atoms with Crippen LogP contribution in [0.15, 0.2) is 12.2 Å². The van der Waals surface area contributed by atoms with Crippen LogP contribution in [0.5, 0.6) is 0 Å². The van der Waals surface area contributed by atoms with E-state index in [0.717, 1.165) is 25.9 Å². The van der Waals surface area contributed by atoms with Crippen LogP contribution in [0.25, 0.3) is 0 Å². The van der Waals surface area contributed by atoms with Gasteiger partial charge in [-0.1, -0.05) is 84.3 Å². The second-order valence-corrected chi connectivity index (χ2v) is 6.69. The Labute approximate surface area is 169 Å². The van der Waals surface area contributed by atoms with E-state index in [4.69, 9.17) is 5.11 Å². The van der Waals surface area contributed by atoms with Crippen molar-refractivity contribution in [1.82, 2.24) is 5.32 Å². The van der Waals surface area contributed by atoms with Crippen LogP contribution < -0.4 is 5.32 Å². The summed E-state index contributed by atoms with van der Waals surface area (Å²) in [6.45, 7) is 8.65. The minimum Gasteiger partial charge on any atom is -0.481 e. The third kappa shape index (κ3) is 34.7. The number of allylic oxidation sites excluding steroid dienone is 2. The van der Waals surface area contributed by atoms with Gasteiger partial charge < -0.3 is 10.4 Å². The van der Waals surface area contributed by atoms with Crippen molar-refractivity contribution in [3.63, 3.8) is 0 Å². The summed E-state index contributed by atoms with van der Waals surface area (Å²) >= 11 is 0. The van der Waals surface area contributed by atoms with E-state index in [1.807, 2.05) is 0 Å². The SMILES string of the molecule is CCCCCCCC/C=C\CCCCCCCC(=O)O.CCNCC.Cl. The average Bonchev–Trinajstić information content (AvgIpc) is 2.59. The first kappa shape index (κ1) is 30.2. The molecule has 0 radical (unpaired) electrons. The maximum atomic E-state index is 10.3. The molecule has 0 aromatic heterocycles. The van der Waals surface area contributed by atoms with E-state index in [1.54, 1.807) is 0 Å². The highest BCUT2D eigenvalue weighted by Crippen LogP contribution is 2.09. The average molecular weight is 392 g/mol. The minimum absolute atomic E-state index is 0. The molecule has 0 amide bonds. The molecule has 0 bridgehead atoms. The Morgan fingerprint density at radius 3 is 1.54 bits per heavy atom. The number of aliphatic carboxylic acids is 1. The number of carboxylic acid groups (broad SMARTS) is 1. The Hall–Kier alpha value is -0.540. The van der Waals surface area contributed by atoms with Crippen LogP contribution >= 0.6 is 12.4 Å². The Balaban J connectivity index is -0.000000772. The number of nitrogens with one attached hydrogen (secondary N) is 1. The molecule has 0 fully saturated rings. The summed E-state index contributed by atoms with van der Waals surface area (Å²) in [6, 6.07) is 0. The van der Waals surface area contributed by atoms with E-state index in [-0.39, 0.29) is 12.4 Å². The lowest BCUT2D eigenvalue weighted by Crippen LogP contribution is -2.09. The summed E-state index contributed by atoms with van der Waals surface area (Å²) in [7, 11) is 0. The molecule has 0 rings (SSSR count). The number of carbonyl (C=O) groups is 1. The van der Waals surface area contributed by atoms with Crippen LogP contribution in [0.4, 0.5) is 0 Å². The Morgan fingerprint density at radius 2 is 1.15 bits per heavy atom. The predicted molar refractivity (Wildman–Crippen MR) is 119 cm³/mol. The van der Waals surface area contributed by atoms with Crippen LogP contribution in [-0.4, -0.2) is 24.2 Å². The van der Waals surface area contributed by atoms with Crippen LogP contribution in [0.1, 0.15) is 111 Å². The van der Waals surface area contributed by atoms with Gasteiger partial charge in [0, 0.05) is 6.42 Å². The molecule has 0 spiro atoms. The van der Waals surface area contributed by atoms with Gasteiger partial charge in [-0.15, -0.1) is 12.4 Å². The van der Waals surface area contributed by atoms with Gasteiger partial charge in [0.2, 0.25) is 0 Å². The van der Waals surface area contributed by atoms with Gasteiger partial charge in [0.05, 0.1) is 0 Å². The standard InChI is InChI=1S/C18H34O2.C4H11N.ClH/c1-2-3-4-5-6-7-8-9-10-11-12-13-14-15-16-17-18(19)20;1-3-5-4-2;/h9-10H,2-8,11-17H2,1H3,(H,19,20);5H,3-4H2,1-2H3;1H/b10-9-;;. The highest BCUT2D eigenvalue weighted by Gasteiger charge is 1.95. The smallest absolute Gasteiger partial charge is 0.303 e. The molecule has 158 valence electrons. The number of carboxylic acids is 1. The van der Waals surface area contributed by atoms with Gasteiger partial charge >= 0.3 is 5.97 Å². The summed E-state index contributed by atoms with van der Waals surface area (Å²) < 4.78 is 0. The molecular formula is C22H46ClNO2. The van der Waals surface area contributed by atoms with Gasteiger partial charge in [0.15, 0.2) is 0 Å². The summed E-state index contributed by atoms with van der Waals surface area (Å²) in [5.74, 6) is -0.664. The summed E-state index contributed by atoms with van der Waals surface area (Å²) in [5.41, 5.74) is 0. The quantitative estimate of drug-likeness (QED) is 0.204. The van der Waals surface area contributed by atoms with Crippen molar-refractivity contribution in [2.75, 3.05) is 13.1 Å². The zero-order chi connectivity index (χ0) is 19.0. The highest BCUT2D eigenvalue weighted by atomic mass is 35.5. The monoisotopic (exact) mass is 391 g/mol. The predicted octanol–water partition coefficient (Wildman–Crippen LogP) is 7.15. The summed E-state index contributed by atoms with van der Waals surface area (Å²) in [5, 5.41) is 11.6. The van der Waals surface area contributed by atoms with Crippen LogP contribution in [0.2, 0.25) is 0 Å². The van der Waals surface area contributed by atoms with Crippen molar-refractivity contribution in [3.8, 4) is 0 Å². The van der Waals surface area contributed by atoms with Crippen LogP contribution in [0.3, 0.4) is 0 Å². The first-order valence-corrected chi connectivity index (χ1v) is 10.8. The maximum absolute atomic E-state index is 10.3. The van der Waals surface area contributed by atoms with Gasteiger partial charge in [-0.3, -0.25) is 4.79 Å². The third-order valence-electron chi connectivity index (χ3n) is 4.15. The minimum atomic E-state index is -0.664. The number of hydrogen-bond acceptors (Lipinski definition) is 2. The van der Waals surface area contributed by atoms with Crippen molar-refractivity contribution in [1.29, 1.82) is 0 Å². The van der Waals surface area contributed by atoms with Crippen molar-refractivity contribution < 1.29 is 9.90 Å². The molecule has 4 heteroatoms. The summed E-state index contributed by atoms with van der Waals surface area (Å²) in [6.07, 6.45) is 21.2. The fourth-order valence-corrected chi connectivity index (χ4v) is 2.60. The number of rotatable bonds is 17. The highest BCUT2D eigenvalue weighted by molar-refractivity contribution is 5.85. The fraction of sp³-hybridized carbons (Fsp3) is 0.864. The molecule has 0 aromatic carbocycles. The molecule has 0 aromatic rings. The molecule has 0 atom stereocenters. The van der Waals surface area contributed by atoms with Gasteiger partial charge in [0.25, 0.3) is 0 Å². The molecule has 0 saturated heterocycles. The van der Waals surface area contributed by atoms with Crippen LogP contribution in [-0.2, 0) is 4.79 Å². The zero-order valence-corrected chi connectivity index (χ0v) is 18.5. The lowest BCUT2D eigenvalue weighted by molar-refractivity contribution is -0.137. The second-order valence-electron chi connectivity index (χ2n) is 6.69. The van der Waals surface area contributed by atoms with E-state index < -0.39 is 5.97 Å². The summed E-state index contributed by atoms with van der Waals surface area (Å²) in [4.78, 5) is 10.3. The zero-order valence-electron chi connectivity index (χ0n) is 17.7. The Kier molecular flexibility index (Phi) is 33.9. The molecule has 2 N–H and O–H groups in total. The Bertz CT molecular complexity index is 281. The van der Waals surface area contributed by atoms with E-state index in [9.17, 15) is 4.79 Å². The molecule has 26 heavy (non-hydrogen) atoms. The molecule has 0 saturated carbocycles. The Morgan fingerprint density at radius 1 is 0.731 bits per heavy atom. The number of halogens is 1. The maximum Gasteiger partial charge on any atom is 0.303 e. The van der Waals surface area contributed by atoms with E-state index in [2.05, 4.69) is 38.2 Å². The molecule has 3 nitrogen and oxygen atoms in total. The lowest BCUT2D eigenvalue weighted by Gasteiger charge is -1.99. The molecule has 0 aliphatic carbocycles. The largest absolute Gasteiger partial charge is 0.481 e. The third-order valence-corrected chi connectivity index (χ3v) is 4.15. The normalized spacial score (nSPS) is 10.3. The molecule has 0 aliphatic heterocycles. The number of hydrogen-bond donors (Lipinski definition) is 2. The van der Waals surface area contributed by atoms with Crippen molar-refractivity contribution in [2.45, 2.75) is 111 Å². The number of unbranched alkanes of at least 4 members (excludes halogenated alkanes) is 11. The second kappa shape index (κ2) is 29.2. The lowest BCUT2D eigenvalue weighted by atomic mass is 10.1. The van der Waals surface area contributed by atoms with E-state index in [1.165, 1.54) is 70.6 Å². The van der Waals surface area contributed by atoms with Gasteiger partial charge in [-0.2, -0.15) is 0 Å². The molecule has 0 heterocycles. The first-order chi connectivity index (χ1) is 12.2. The van der Waals surface area contributed by atoms with Crippen molar-refractivity contribution >= 4 is 18.4 Å². The fourth-order valence-electron chi connectivity index (χ4n) is 2.60. The molecular weight excluding hydrogens is 346 g/mol. The van der Waals surface area contributed by atoms with E-state index in [0.29, 0.717) is 6.42 Å². The van der Waals surface area contributed by atoms with Gasteiger partial charge in [-0.25, -0.2) is 0 Å². The first-order valence-electron chi connectivity index (χ1n) is 10.8.